The Hall–Kier alpha value is -0.370. The molecule has 0 aromatic heterocycles. The van der Waals surface area contributed by atoms with Crippen LogP contribution in [0.5, 0.6) is 0 Å². The van der Waals surface area contributed by atoms with Crippen molar-refractivity contribution in [3.8, 4) is 0 Å². The molecule has 0 atom stereocenters. The SMILES string of the molecule is C=C/N=C\C(Br)=C/C. The van der Waals surface area contributed by atoms with E-state index in [1.165, 1.54) is 6.20 Å². The summed E-state index contributed by atoms with van der Waals surface area (Å²) >= 11 is 3.24. The summed E-state index contributed by atoms with van der Waals surface area (Å²) in [5.41, 5.74) is 0. The van der Waals surface area contributed by atoms with Gasteiger partial charge in [-0.15, -0.1) is 0 Å². The zero-order valence-corrected chi connectivity index (χ0v) is 6.35. The van der Waals surface area contributed by atoms with Crippen LogP contribution in [0.25, 0.3) is 0 Å². The van der Waals surface area contributed by atoms with Gasteiger partial charge in [-0.25, -0.2) is 0 Å². The van der Waals surface area contributed by atoms with E-state index in [0.717, 1.165) is 4.48 Å². The van der Waals surface area contributed by atoms with Gasteiger partial charge in [-0.05, 0) is 22.9 Å². The van der Waals surface area contributed by atoms with Crippen molar-refractivity contribution in [2.75, 3.05) is 0 Å². The first-order valence-corrected chi connectivity index (χ1v) is 3.06. The number of nitrogens with zero attached hydrogens (tertiary/aromatic N) is 1. The Morgan fingerprint density at radius 2 is 2.38 bits per heavy atom. The van der Waals surface area contributed by atoms with Crippen LogP contribution in [0.4, 0.5) is 0 Å². The second-order valence-electron chi connectivity index (χ2n) is 1.13. The molecule has 0 bridgehead atoms. The summed E-state index contributed by atoms with van der Waals surface area (Å²) < 4.78 is 0.970. The maximum atomic E-state index is 3.77. The molecule has 0 saturated carbocycles. The number of halogens is 1. The van der Waals surface area contributed by atoms with Crippen LogP contribution in [-0.4, -0.2) is 6.21 Å². The molecule has 0 unspecified atom stereocenters. The van der Waals surface area contributed by atoms with E-state index in [1.54, 1.807) is 6.21 Å². The predicted octanol–water partition coefficient (Wildman–Crippen LogP) is 2.50. The average molecular weight is 174 g/mol. The van der Waals surface area contributed by atoms with Crippen LogP contribution >= 0.6 is 15.9 Å². The van der Waals surface area contributed by atoms with Gasteiger partial charge in [0.25, 0.3) is 0 Å². The molecular formula is C6H8BrN. The first-order valence-electron chi connectivity index (χ1n) is 2.27. The lowest BCUT2D eigenvalue weighted by molar-refractivity contribution is 1.62. The van der Waals surface area contributed by atoms with E-state index in [-0.39, 0.29) is 0 Å². The van der Waals surface area contributed by atoms with E-state index in [0.29, 0.717) is 0 Å². The first-order chi connectivity index (χ1) is 3.81. The van der Waals surface area contributed by atoms with E-state index in [2.05, 4.69) is 27.5 Å². The lowest BCUT2D eigenvalue weighted by Crippen LogP contribution is -1.66. The van der Waals surface area contributed by atoms with Gasteiger partial charge in [-0.2, -0.15) is 0 Å². The fourth-order valence-electron chi connectivity index (χ4n) is 0.198. The third-order valence-electron chi connectivity index (χ3n) is 0.579. The lowest BCUT2D eigenvalue weighted by Gasteiger charge is -1.78. The average Bonchev–Trinajstić information content (AvgIpc) is 1.83. The molecule has 0 aliphatic rings. The number of hydrogen-bond acceptors (Lipinski definition) is 1. The summed E-state index contributed by atoms with van der Waals surface area (Å²) in [6, 6.07) is 0. The summed E-state index contributed by atoms with van der Waals surface area (Å²) in [5.74, 6) is 0. The summed E-state index contributed by atoms with van der Waals surface area (Å²) in [6.45, 7) is 5.35. The molecule has 0 rings (SSSR count). The lowest BCUT2D eigenvalue weighted by atomic mass is 10.6. The Morgan fingerprint density at radius 3 is 2.75 bits per heavy atom. The molecule has 2 heteroatoms. The van der Waals surface area contributed by atoms with E-state index in [9.17, 15) is 0 Å². The van der Waals surface area contributed by atoms with Crippen LogP contribution in [0.3, 0.4) is 0 Å². The third kappa shape index (κ3) is 3.81. The molecule has 0 aromatic rings. The van der Waals surface area contributed by atoms with E-state index >= 15 is 0 Å². The standard InChI is InChI=1S/C6H8BrN/c1-3-6(7)5-8-4-2/h3-5H,2H2,1H3/b6-3+,8-5-. The van der Waals surface area contributed by atoms with Crippen LogP contribution in [0.2, 0.25) is 0 Å². The summed E-state index contributed by atoms with van der Waals surface area (Å²) in [4.78, 5) is 3.77. The van der Waals surface area contributed by atoms with Crippen LogP contribution in [0.15, 0.2) is 28.3 Å². The molecule has 44 valence electrons. The van der Waals surface area contributed by atoms with Crippen LogP contribution < -0.4 is 0 Å². The maximum absolute atomic E-state index is 3.77. The monoisotopic (exact) mass is 173 g/mol. The Morgan fingerprint density at radius 1 is 1.75 bits per heavy atom. The van der Waals surface area contributed by atoms with Gasteiger partial charge in [0.05, 0.1) is 0 Å². The second-order valence-corrected chi connectivity index (χ2v) is 2.05. The molecular weight excluding hydrogens is 166 g/mol. The molecule has 0 aliphatic carbocycles. The van der Waals surface area contributed by atoms with Crippen molar-refractivity contribution in [2.45, 2.75) is 6.92 Å². The van der Waals surface area contributed by atoms with Crippen molar-refractivity contribution in [3.63, 3.8) is 0 Å². The summed E-state index contributed by atoms with van der Waals surface area (Å²) in [6.07, 6.45) is 5.09. The van der Waals surface area contributed by atoms with Crippen molar-refractivity contribution >= 4 is 22.1 Å². The van der Waals surface area contributed by atoms with Gasteiger partial charge in [0, 0.05) is 16.9 Å². The molecule has 0 saturated heterocycles. The minimum atomic E-state index is 0.970. The fraction of sp³-hybridized carbons (Fsp3) is 0.167. The van der Waals surface area contributed by atoms with Crippen molar-refractivity contribution in [1.82, 2.24) is 0 Å². The van der Waals surface area contributed by atoms with Crippen LogP contribution in [-0.2, 0) is 0 Å². The highest BCUT2D eigenvalue weighted by molar-refractivity contribution is 9.12. The zero-order valence-electron chi connectivity index (χ0n) is 4.76. The van der Waals surface area contributed by atoms with E-state index in [1.807, 2.05) is 13.0 Å². The number of aliphatic imine (C=N–C) groups is 1. The smallest absolute Gasteiger partial charge is 0.0406 e. The fourth-order valence-corrected chi connectivity index (χ4v) is 0.317. The molecule has 0 aromatic carbocycles. The van der Waals surface area contributed by atoms with Gasteiger partial charge < -0.3 is 0 Å². The molecule has 8 heavy (non-hydrogen) atoms. The molecule has 0 amide bonds. The highest BCUT2D eigenvalue weighted by Crippen LogP contribution is 1.98. The van der Waals surface area contributed by atoms with Crippen molar-refractivity contribution in [2.24, 2.45) is 4.99 Å². The molecule has 0 heterocycles. The van der Waals surface area contributed by atoms with Crippen molar-refractivity contribution < 1.29 is 0 Å². The van der Waals surface area contributed by atoms with E-state index in [4.69, 9.17) is 0 Å². The van der Waals surface area contributed by atoms with Crippen molar-refractivity contribution in [3.05, 3.63) is 23.3 Å². The molecule has 0 radical (unpaired) electrons. The summed E-state index contributed by atoms with van der Waals surface area (Å²) in [5, 5.41) is 0. The van der Waals surface area contributed by atoms with Crippen LogP contribution in [0, 0.1) is 0 Å². The van der Waals surface area contributed by atoms with Gasteiger partial charge in [-0.3, -0.25) is 4.99 Å². The number of rotatable bonds is 2. The van der Waals surface area contributed by atoms with Gasteiger partial charge in [-0.1, -0.05) is 12.7 Å². The molecule has 0 N–H and O–H groups in total. The Bertz CT molecular complexity index is 124. The minimum absolute atomic E-state index is 0.970. The quantitative estimate of drug-likeness (QED) is 0.570. The molecule has 0 aliphatic heterocycles. The third-order valence-corrected chi connectivity index (χ3v) is 1.24. The molecule has 0 spiro atoms. The first kappa shape index (κ1) is 7.63. The topological polar surface area (TPSA) is 12.4 Å². The van der Waals surface area contributed by atoms with Gasteiger partial charge in [0.2, 0.25) is 0 Å². The van der Waals surface area contributed by atoms with Gasteiger partial charge >= 0.3 is 0 Å². The highest BCUT2D eigenvalue weighted by atomic mass is 79.9. The number of hydrogen-bond donors (Lipinski definition) is 0. The van der Waals surface area contributed by atoms with Crippen LogP contribution in [0.1, 0.15) is 6.92 Å². The van der Waals surface area contributed by atoms with E-state index < -0.39 is 0 Å². The number of allylic oxidation sites excluding steroid dienone is 2. The normalized spacial score (nSPS) is 12.5. The van der Waals surface area contributed by atoms with Crippen molar-refractivity contribution in [1.29, 1.82) is 0 Å². The molecule has 1 nitrogen and oxygen atoms in total. The second kappa shape index (κ2) is 4.78. The minimum Gasteiger partial charge on any atom is -0.264 e. The highest BCUT2D eigenvalue weighted by Gasteiger charge is 1.75. The predicted molar refractivity (Wildman–Crippen MR) is 41.4 cm³/mol. The Labute approximate surface area is 57.9 Å². The zero-order chi connectivity index (χ0) is 6.41. The summed E-state index contributed by atoms with van der Waals surface area (Å²) in [7, 11) is 0. The Balaban J connectivity index is 3.69. The largest absolute Gasteiger partial charge is 0.264 e. The molecule has 0 fully saturated rings. The maximum Gasteiger partial charge on any atom is 0.0406 e. The van der Waals surface area contributed by atoms with Gasteiger partial charge in [0.1, 0.15) is 0 Å². The van der Waals surface area contributed by atoms with Gasteiger partial charge in [0.15, 0.2) is 0 Å². The Kier molecular flexibility index (Phi) is 4.56.